The maximum Gasteiger partial charge on any atom is -0.0355 e. The van der Waals surface area contributed by atoms with E-state index in [0.717, 1.165) is 17.8 Å². The van der Waals surface area contributed by atoms with Gasteiger partial charge in [-0.15, -0.1) is 0 Å². The molecule has 0 heteroatoms. The molecule has 2 aliphatic carbocycles. The molecular formula is C7H11. The molecule has 2 rings (SSSR count). The first-order chi connectivity index (χ1) is 3.38. The van der Waals surface area contributed by atoms with Gasteiger partial charge in [-0.05, 0) is 43.9 Å². The fourth-order valence-electron chi connectivity index (χ4n) is 1.82. The van der Waals surface area contributed by atoms with E-state index in [0.29, 0.717) is 0 Å². The van der Waals surface area contributed by atoms with Crippen LogP contribution in [0.4, 0.5) is 0 Å². The van der Waals surface area contributed by atoms with Gasteiger partial charge in [-0.1, -0.05) is 0 Å². The third-order valence-corrected chi connectivity index (χ3v) is 2.49. The second-order valence-corrected chi connectivity index (χ2v) is 3.00. The first-order valence-corrected chi connectivity index (χ1v) is 3.21. The highest BCUT2D eigenvalue weighted by molar-refractivity contribution is 4.98. The minimum atomic E-state index is 0.838. The van der Waals surface area contributed by atoms with Crippen molar-refractivity contribution in [2.45, 2.75) is 19.3 Å². The van der Waals surface area contributed by atoms with E-state index >= 15 is 0 Å². The Labute approximate surface area is 44.9 Å². The first-order valence-electron chi connectivity index (χ1n) is 3.21. The van der Waals surface area contributed by atoms with Crippen LogP contribution in [0.5, 0.6) is 0 Å². The highest BCUT2D eigenvalue weighted by atomic mass is 14.5. The molecule has 0 N–H and O–H groups in total. The number of rotatable bonds is 0. The van der Waals surface area contributed by atoms with Gasteiger partial charge in [-0.2, -0.15) is 0 Å². The zero-order valence-corrected chi connectivity index (χ0v) is 4.56. The summed E-state index contributed by atoms with van der Waals surface area (Å²) in [5, 5.41) is 0. The van der Waals surface area contributed by atoms with Crippen LogP contribution in [0, 0.1) is 24.7 Å². The Morgan fingerprint density at radius 1 is 1.29 bits per heavy atom. The first kappa shape index (κ1) is 3.94. The van der Waals surface area contributed by atoms with Gasteiger partial charge >= 0.3 is 0 Å². The minimum absolute atomic E-state index is 0.838. The molecule has 0 bridgehead atoms. The topological polar surface area (TPSA) is 0 Å². The normalized spacial score (nSPS) is 57.0. The standard InChI is InChI=1S/C7H11/c1-5-2-3-6-4-7(5)6/h5-7H,1-4H2. The lowest BCUT2D eigenvalue weighted by Gasteiger charge is -1.97. The van der Waals surface area contributed by atoms with Gasteiger partial charge in [-0.3, -0.25) is 0 Å². The molecule has 2 fully saturated rings. The molecule has 0 heterocycles. The summed E-state index contributed by atoms with van der Waals surface area (Å²) in [6, 6.07) is 0. The van der Waals surface area contributed by atoms with E-state index in [1.807, 2.05) is 0 Å². The monoisotopic (exact) mass is 95.1 g/mol. The lowest BCUT2D eigenvalue weighted by molar-refractivity contribution is 0.587. The Morgan fingerprint density at radius 2 is 2.14 bits per heavy atom. The molecule has 0 aromatic rings. The summed E-state index contributed by atoms with van der Waals surface area (Å²) in [6.45, 7) is 4.06. The van der Waals surface area contributed by atoms with Gasteiger partial charge in [0, 0.05) is 0 Å². The van der Waals surface area contributed by atoms with Gasteiger partial charge in [0.05, 0.1) is 0 Å². The maximum absolute atomic E-state index is 4.06. The van der Waals surface area contributed by atoms with Crippen molar-refractivity contribution in [3.63, 3.8) is 0 Å². The molecule has 3 unspecified atom stereocenters. The van der Waals surface area contributed by atoms with Crippen LogP contribution in [0.25, 0.3) is 0 Å². The van der Waals surface area contributed by atoms with E-state index in [-0.39, 0.29) is 0 Å². The molecule has 1 radical (unpaired) electrons. The van der Waals surface area contributed by atoms with Gasteiger partial charge in [-0.25, -0.2) is 0 Å². The zero-order chi connectivity index (χ0) is 4.85. The predicted molar refractivity (Wildman–Crippen MR) is 29.7 cm³/mol. The van der Waals surface area contributed by atoms with Crippen molar-refractivity contribution < 1.29 is 0 Å². The largest absolute Gasteiger partial charge is 0.0499 e. The molecule has 2 saturated carbocycles. The third kappa shape index (κ3) is 0.427. The van der Waals surface area contributed by atoms with Crippen molar-refractivity contribution >= 4 is 0 Å². The summed E-state index contributed by atoms with van der Waals surface area (Å²) in [5.74, 6) is 3.03. The molecule has 0 amide bonds. The zero-order valence-electron chi connectivity index (χ0n) is 4.56. The Hall–Kier alpha value is 0. The Morgan fingerprint density at radius 3 is 2.29 bits per heavy atom. The third-order valence-electron chi connectivity index (χ3n) is 2.49. The molecule has 7 heavy (non-hydrogen) atoms. The predicted octanol–water partition coefficient (Wildman–Crippen LogP) is 1.87. The average Bonchev–Trinajstić information content (AvgIpc) is 2.33. The van der Waals surface area contributed by atoms with E-state index in [9.17, 15) is 0 Å². The van der Waals surface area contributed by atoms with Gasteiger partial charge in [0.1, 0.15) is 0 Å². The summed E-state index contributed by atoms with van der Waals surface area (Å²) < 4.78 is 0. The van der Waals surface area contributed by atoms with E-state index in [2.05, 4.69) is 6.92 Å². The van der Waals surface area contributed by atoms with Crippen molar-refractivity contribution in [2.75, 3.05) is 0 Å². The van der Waals surface area contributed by atoms with Crippen LogP contribution >= 0.6 is 0 Å². The van der Waals surface area contributed by atoms with Crippen LogP contribution in [-0.2, 0) is 0 Å². The molecule has 2 aliphatic rings. The molecular weight excluding hydrogens is 84.1 g/mol. The van der Waals surface area contributed by atoms with Crippen LogP contribution in [0.2, 0.25) is 0 Å². The molecule has 39 valence electrons. The summed E-state index contributed by atoms with van der Waals surface area (Å²) in [6.07, 6.45) is 4.41. The highest BCUT2D eigenvalue weighted by Crippen LogP contribution is 2.54. The lowest BCUT2D eigenvalue weighted by atomic mass is 10.1. The highest BCUT2D eigenvalue weighted by Gasteiger charge is 2.45. The summed E-state index contributed by atoms with van der Waals surface area (Å²) in [5.41, 5.74) is 0. The van der Waals surface area contributed by atoms with Crippen molar-refractivity contribution in [3.05, 3.63) is 6.92 Å². The van der Waals surface area contributed by atoms with E-state index in [4.69, 9.17) is 0 Å². The average molecular weight is 95.2 g/mol. The summed E-state index contributed by atoms with van der Waals surface area (Å²) in [7, 11) is 0. The molecule has 0 aromatic heterocycles. The number of fused-ring (bicyclic) bond motifs is 1. The molecule has 0 saturated heterocycles. The molecule has 0 aliphatic heterocycles. The smallest absolute Gasteiger partial charge is 0.0355 e. The Kier molecular flexibility index (Phi) is 0.586. The molecule has 0 aromatic carbocycles. The van der Waals surface area contributed by atoms with Crippen molar-refractivity contribution in [1.82, 2.24) is 0 Å². The molecule has 3 atom stereocenters. The number of hydrogen-bond donors (Lipinski definition) is 0. The van der Waals surface area contributed by atoms with E-state index in [1.165, 1.54) is 19.3 Å². The van der Waals surface area contributed by atoms with E-state index in [1.54, 1.807) is 0 Å². The van der Waals surface area contributed by atoms with Crippen molar-refractivity contribution in [3.8, 4) is 0 Å². The van der Waals surface area contributed by atoms with Gasteiger partial charge in [0.15, 0.2) is 0 Å². The van der Waals surface area contributed by atoms with Gasteiger partial charge < -0.3 is 0 Å². The van der Waals surface area contributed by atoms with Crippen molar-refractivity contribution in [1.29, 1.82) is 0 Å². The van der Waals surface area contributed by atoms with E-state index < -0.39 is 0 Å². The summed E-state index contributed by atoms with van der Waals surface area (Å²) >= 11 is 0. The van der Waals surface area contributed by atoms with Gasteiger partial charge in [0.2, 0.25) is 0 Å². The van der Waals surface area contributed by atoms with Crippen molar-refractivity contribution in [2.24, 2.45) is 17.8 Å². The fourth-order valence-corrected chi connectivity index (χ4v) is 1.82. The van der Waals surface area contributed by atoms with Crippen LogP contribution in [0.1, 0.15) is 19.3 Å². The fraction of sp³-hybridized carbons (Fsp3) is 0.857. The lowest BCUT2D eigenvalue weighted by Crippen LogP contribution is -1.88. The van der Waals surface area contributed by atoms with Crippen LogP contribution in [0.15, 0.2) is 0 Å². The van der Waals surface area contributed by atoms with Gasteiger partial charge in [0.25, 0.3) is 0 Å². The second kappa shape index (κ2) is 1.04. The Balaban J connectivity index is 2.08. The quantitative estimate of drug-likeness (QED) is 0.431. The van der Waals surface area contributed by atoms with Crippen LogP contribution in [-0.4, -0.2) is 0 Å². The SMILES string of the molecule is [CH2]C1CCC2CC12. The van der Waals surface area contributed by atoms with Crippen LogP contribution < -0.4 is 0 Å². The van der Waals surface area contributed by atoms with Crippen LogP contribution in [0.3, 0.4) is 0 Å². The number of hydrogen-bond acceptors (Lipinski definition) is 0. The molecule has 0 spiro atoms. The second-order valence-electron chi connectivity index (χ2n) is 3.00. The maximum atomic E-state index is 4.06. The summed E-state index contributed by atoms with van der Waals surface area (Å²) in [4.78, 5) is 0. The Bertz CT molecular complexity index is 86.0. The minimum Gasteiger partial charge on any atom is -0.0499 e. The molecule has 0 nitrogen and oxygen atoms in total.